The molecule has 1 amide bonds. The van der Waals surface area contributed by atoms with Gasteiger partial charge in [0, 0.05) is 31.7 Å². The number of hydrogen-bond donors (Lipinski definition) is 0. The molecule has 3 aromatic rings. The highest BCUT2D eigenvalue weighted by Gasteiger charge is 2.23. The Morgan fingerprint density at radius 2 is 1.85 bits per heavy atom. The first-order valence-corrected chi connectivity index (χ1v) is 11.2. The van der Waals surface area contributed by atoms with Crippen molar-refractivity contribution in [2.24, 2.45) is 0 Å². The number of ether oxygens (including phenoxy) is 2. The molecular weight excluding hydrogens is 469 g/mol. The zero-order chi connectivity index (χ0) is 22.5. The predicted octanol–water partition coefficient (Wildman–Crippen LogP) is 4.01. The third-order valence-electron chi connectivity index (χ3n) is 5.35. The summed E-state index contributed by atoms with van der Waals surface area (Å²) in [4.78, 5) is 33.4. The fourth-order valence-corrected chi connectivity index (χ4v) is 4.61. The Morgan fingerprint density at radius 3 is 2.52 bits per heavy atom. The zero-order valence-electron chi connectivity index (χ0n) is 18.2. The average Bonchev–Trinajstić information content (AvgIpc) is 3.27. The molecule has 1 fully saturated rings. The molecule has 1 aliphatic rings. The van der Waals surface area contributed by atoms with Crippen molar-refractivity contribution in [2.45, 2.75) is 6.42 Å². The number of hydrogen-bond acceptors (Lipinski definition) is 7. The number of nitrogens with zero attached hydrogens (tertiary/aromatic N) is 3. The number of carbonyl (C=O) groups is 2. The topological polar surface area (TPSA) is 72.0 Å². The van der Waals surface area contributed by atoms with Gasteiger partial charge in [-0.05, 0) is 42.8 Å². The summed E-state index contributed by atoms with van der Waals surface area (Å²) >= 11 is 1.29. The summed E-state index contributed by atoms with van der Waals surface area (Å²) in [5.41, 5.74) is 1.05. The lowest BCUT2D eigenvalue weighted by Crippen LogP contribution is -2.39. The van der Waals surface area contributed by atoms with E-state index in [1.165, 1.54) is 24.5 Å². The molecule has 0 saturated carbocycles. The molecule has 1 aliphatic heterocycles. The van der Waals surface area contributed by atoms with Crippen LogP contribution in [-0.4, -0.2) is 68.3 Å². The molecule has 0 radical (unpaired) electrons. The molecule has 0 N–H and O–H groups in total. The van der Waals surface area contributed by atoms with Gasteiger partial charge in [0.15, 0.2) is 5.13 Å². The molecule has 7 nitrogen and oxygen atoms in total. The quantitative estimate of drug-likeness (QED) is 0.463. The van der Waals surface area contributed by atoms with Crippen LogP contribution in [-0.2, 0) is 9.47 Å². The van der Waals surface area contributed by atoms with Crippen LogP contribution in [0.3, 0.4) is 0 Å². The lowest BCUT2D eigenvalue weighted by atomic mass is 10.1. The Balaban J connectivity index is 0.00000306. The second kappa shape index (κ2) is 11.5. The van der Waals surface area contributed by atoms with Gasteiger partial charge in [0.2, 0.25) is 0 Å². The van der Waals surface area contributed by atoms with E-state index in [4.69, 9.17) is 9.47 Å². The van der Waals surface area contributed by atoms with Crippen molar-refractivity contribution >= 4 is 51.0 Å². The standard InChI is InChI=1S/C23H24FN3O4S.ClH/c1-30-22(29)17-8-6-16(7-9-17)21(28)27(11-3-10-26-12-14-31-15-13-26)23-25-20-18(24)4-2-5-19(20)32-23;/h2,4-9H,3,10-15H2,1H3;1H. The number of amides is 1. The highest BCUT2D eigenvalue weighted by Crippen LogP contribution is 2.31. The van der Waals surface area contributed by atoms with Crippen LogP contribution in [0.2, 0.25) is 0 Å². The van der Waals surface area contributed by atoms with Crippen molar-refractivity contribution in [3.8, 4) is 0 Å². The van der Waals surface area contributed by atoms with Gasteiger partial charge in [-0.3, -0.25) is 14.6 Å². The SMILES string of the molecule is COC(=O)c1ccc(C(=O)N(CCCN2CCOCC2)c2nc3c(F)cccc3s2)cc1.Cl. The van der Waals surface area contributed by atoms with Crippen molar-refractivity contribution in [3.05, 3.63) is 59.4 Å². The minimum Gasteiger partial charge on any atom is -0.465 e. The number of halogens is 2. The molecule has 33 heavy (non-hydrogen) atoms. The average molecular weight is 494 g/mol. The van der Waals surface area contributed by atoms with Gasteiger partial charge in [0.1, 0.15) is 11.3 Å². The summed E-state index contributed by atoms with van der Waals surface area (Å²) in [6.07, 6.45) is 0.740. The molecule has 2 aromatic carbocycles. The van der Waals surface area contributed by atoms with Gasteiger partial charge in [-0.2, -0.15) is 0 Å². The lowest BCUT2D eigenvalue weighted by molar-refractivity contribution is 0.0376. The Bertz CT molecular complexity index is 1100. The maximum atomic E-state index is 14.2. The number of thiazole rings is 1. The first kappa shape index (κ1) is 25.0. The maximum Gasteiger partial charge on any atom is 0.337 e. The normalized spacial score (nSPS) is 14.0. The van der Waals surface area contributed by atoms with Gasteiger partial charge >= 0.3 is 5.97 Å². The number of benzene rings is 2. The molecule has 1 saturated heterocycles. The molecule has 4 rings (SSSR count). The number of esters is 1. The number of carbonyl (C=O) groups excluding carboxylic acids is 2. The van der Waals surface area contributed by atoms with E-state index in [1.807, 2.05) is 0 Å². The molecule has 2 heterocycles. The van der Waals surface area contributed by atoms with Gasteiger partial charge in [0.25, 0.3) is 5.91 Å². The van der Waals surface area contributed by atoms with Gasteiger partial charge in [-0.1, -0.05) is 17.4 Å². The van der Waals surface area contributed by atoms with E-state index >= 15 is 0 Å². The van der Waals surface area contributed by atoms with Crippen LogP contribution in [0.4, 0.5) is 9.52 Å². The number of rotatable bonds is 7. The van der Waals surface area contributed by atoms with E-state index < -0.39 is 11.8 Å². The van der Waals surface area contributed by atoms with Gasteiger partial charge in [0.05, 0.1) is 30.6 Å². The third kappa shape index (κ3) is 5.86. The molecule has 0 aliphatic carbocycles. The fraction of sp³-hybridized carbons (Fsp3) is 0.348. The van der Waals surface area contributed by atoms with Crippen LogP contribution >= 0.6 is 23.7 Å². The molecule has 0 spiro atoms. The van der Waals surface area contributed by atoms with Crippen molar-refractivity contribution in [1.29, 1.82) is 0 Å². The van der Waals surface area contributed by atoms with Crippen LogP contribution in [0.25, 0.3) is 10.2 Å². The van der Waals surface area contributed by atoms with Gasteiger partial charge in [-0.15, -0.1) is 12.4 Å². The number of para-hydroxylation sites is 1. The Morgan fingerprint density at radius 1 is 1.15 bits per heavy atom. The Labute approximate surface area is 201 Å². The molecule has 0 bridgehead atoms. The summed E-state index contributed by atoms with van der Waals surface area (Å²) in [6.45, 7) is 4.44. The summed E-state index contributed by atoms with van der Waals surface area (Å²) in [6, 6.07) is 11.1. The summed E-state index contributed by atoms with van der Waals surface area (Å²) in [5.74, 6) is -1.12. The van der Waals surface area contributed by atoms with Crippen molar-refractivity contribution in [1.82, 2.24) is 9.88 Å². The number of anilines is 1. The monoisotopic (exact) mass is 493 g/mol. The molecule has 10 heteroatoms. The van der Waals surface area contributed by atoms with E-state index in [0.717, 1.165) is 26.1 Å². The first-order chi connectivity index (χ1) is 15.6. The smallest absolute Gasteiger partial charge is 0.337 e. The second-order valence-corrected chi connectivity index (χ2v) is 8.43. The largest absolute Gasteiger partial charge is 0.465 e. The van der Waals surface area contributed by atoms with Crippen LogP contribution < -0.4 is 4.90 Å². The van der Waals surface area contributed by atoms with Crippen molar-refractivity contribution < 1.29 is 23.5 Å². The van der Waals surface area contributed by atoms with E-state index in [1.54, 1.807) is 41.3 Å². The van der Waals surface area contributed by atoms with Crippen LogP contribution in [0.15, 0.2) is 42.5 Å². The molecule has 176 valence electrons. The number of morpholine rings is 1. The van der Waals surface area contributed by atoms with Crippen LogP contribution in [0.5, 0.6) is 0 Å². The van der Waals surface area contributed by atoms with E-state index in [0.29, 0.717) is 40.7 Å². The Hall–Kier alpha value is -2.59. The maximum absolute atomic E-state index is 14.2. The van der Waals surface area contributed by atoms with E-state index in [-0.39, 0.29) is 23.8 Å². The molecular formula is C23H25ClFN3O4S. The molecule has 0 atom stereocenters. The minimum absolute atomic E-state index is 0. The van der Waals surface area contributed by atoms with Crippen molar-refractivity contribution in [2.75, 3.05) is 51.4 Å². The predicted molar refractivity (Wildman–Crippen MR) is 128 cm³/mol. The number of aromatic nitrogens is 1. The fourth-order valence-electron chi connectivity index (χ4n) is 3.60. The van der Waals surface area contributed by atoms with Crippen LogP contribution in [0, 0.1) is 5.82 Å². The third-order valence-corrected chi connectivity index (χ3v) is 6.39. The number of fused-ring (bicyclic) bond motifs is 1. The summed E-state index contributed by atoms with van der Waals surface area (Å²) in [7, 11) is 1.31. The Kier molecular flexibility index (Phi) is 8.74. The molecule has 0 unspecified atom stereocenters. The highest BCUT2D eigenvalue weighted by molar-refractivity contribution is 7.22. The van der Waals surface area contributed by atoms with E-state index in [9.17, 15) is 14.0 Å². The highest BCUT2D eigenvalue weighted by atomic mass is 35.5. The van der Waals surface area contributed by atoms with Gasteiger partial charge < -0.3 is 9.47 Å². The summed E-state index contributed by atoms with van der Waals surface area (Å²) in [5, 5.41) is 0.453. The number of methoxy groups -OCH3 is 1. The summed E-state index contributed by atoms with van der Waals surface area (Å²) < 4.78 is 25.0. The lowest BCUT2D eigenvalue weighted by Gasteiger charge is -2.27. The van der Waals surface area contributed by atoms with E-state index in [2.05, 4.69) is 9.88 Å². The first-order valence-electron chi connectivity index (χ1n) is 10.4. The molecule has 1 aromatic heterocycles. The van der Waals surface area contributed by atoms with Gasteiger partial charge in [-0.25, -0.2) is 14.2 Å². The minimum atomic E-state index is -0.465. The van der Waals surface area contributed by atoms with Crippen molar-refractivity contribution in [3.63, 3.8) is 0 Å². The second-order valence-electron chi connectivity index (χ2n) is 7.42. The zero-order valence-corrected chi connectivity index (χ0v) is 19.8. The van der Waals surface area contributed by atoms with Crippen LogP contribution in [0.1, 0.15) is 27.1 Å².